The smallest absolute Gasteiger partial charge is 0.132 e. The Morgan fingerprint density at radius 1 is 1.42 bits per heavy atom. The molecular formula is C14H14ClFN2S. The van der Waals surface area contributed by atoms with Gasteiger partial charge in [-0.3, -0.25) is 0 Å². The summed E-state index contributed by atoms with van der Waals surface area (Å²) < 4.78 is 14.3. The Bertz CT molecular complexity index is 647. The van der Waals surface area contributed by atoms with Gasteiger partial charge in [-0.25, -0.2) is 9.37 Å². The number of nitrogens with one attached hydrogen (secondary N) is 1. The maximum atomic E-state index is 13.7. The normalized spacial score (nSPS) is 10.7. The van der Waals surface area contributed by atoms with Crippen molar-refractivity contribution in [3.8, 4) is 0 Å². The fourth-order valence-corrected chi connectivity index (χ4v) is 2.40. The quantitative estimate of drug-likeness (QED) is 0.851. The summed E-state index contributed by atoms with van der Waals surface area (Å²) in [6, 6.07) is 4.65. The van der Waals surface area contributed by atoms with Gasteiger partial charge in [0.25, 0.3) is 0 Å². The molecule has 0 aliphatic heterocycles. The number of aromatic amines is 1. The summed E-state index contributed by atoms with van der Waals surface area (Å²) in [5.74, 6) is 0.312. The highest BCUT2D eigenvalue weighted by Crippen LogP contribution is 2.21. The van der Waals surface area contributed by atoms with Gasteiger partial charge in [-0.15, -0.1) is 0 Å². The Hall–Kier alpha value is -1.26. The van der Waals surface area contributed by atoms with E-state index in [9.17, 15) is 4.39 Å². The first kappa shape index (κ1) is 14.2. The summed E-state index contributed by atoms with van der Waals surface area (Å²) >= 11 is 11.2. The van der Waals surface area contributed by atoms with E-state index in [4.69, 9.17) is 23.8 Å². The third-order valence-electron chi connectivity index (χ3n) is 3.06. The van der Waals surface area contributed by atoms with Crippen molar-refractivity contribution in [3.63, 3.8) is 0 Å². The molecule has 0 atom stereocenters. The Balaban J connectivity index is 2.44. The number of aromatic nitrogens is 2. The van der Waals surface area contributed by atoms with Gasteiger partial charge in [0.15, 0.2) is 0 Å². The standard InChI is InChI=1S/C14H14ClFN2S/c1-3-12-8(2)14(19)18-13(17-12)7-9-10(15)5-4-6-11(9)16/h4-6H,3,7H2,1-2H3,(H,17,18,19). The number of hydrogen-bond acceptors (Lipinski definition) is 2. The summed E-state index contributed by atoms with van der Waals surface area (Å²) in [5, 5.41) is 0.403. The van der Waals surface area contributed by atoms with E-state index >= 15 is 0 Å². The largest absolute Gasteiger partial charge is 0.347 e. The molecule has 0 bridgehead atoms. The van der Waals surface area contributed by atoms with Crippen molar-refractivity contribution in [2.24, 2.45) is 0 Å². The lowest BCUT2D eigenvalue weighted by atomic mass is 10.1. The molecule has 2 nitrogen and oxygen atoms in total. The minimum Gasteiger partial charge on any atom is -0.347 e. The highest BCUT2D eigenvalue weighted by atomic mass is 35.5. The van der Waals surface area contributed by atoms with Gasteiger partial charge in [0, 0.05) is 28.3 Å². The lowest BCUT2D eigenvalue weighted by Gasteiger charge is -2.09. The fraction of sp³-hybridized carbons (Fsp3) is 0.286. The molecule has 1 aromatic carbocycles. The molecule has 100 valence electrons. The summed E-state index contributed by atoms with van der Waals surface area (Å²) in [5.41, 5.74) is 2.44. The van der Waals surface area contributed by atoms with Gasteiger partial charge >= 0.3 is 0 Å². The van der Waals surface area contributed by atoms with Crippen LogP contribution in [0.1, 0.15) is 29.6 Å². The highest BCUT2D eigenvalue weighted by molar-refractivity contribution is 7.71. The molecule has 0 aliphatic carbocycles. The first-order chi connectivity index (χ1) is 9.02. The van der Waals surface area contributed by atoms with E-state index in [1.807, 2.05) is 13.8 Å². The monoisotopic (exact) mass is 296 g/mol. The lowest BCUT2D eigenvalue weighted by molar-refractivity contribution is 0.612. The van der Waals surface area contributed by atoms with E-state index in [-0.39, 0.29) is 5.82 Å². The van der Waals surface area contributed by atoms with Crippen LogP contribution in [0.15, 0.2) is 18.2 Å². The molecule has 2 aromatic rings. The van der Waals surface area contributed by atoms with Crippen molar-refractivity contribution >= 4 is 23.8 Å². The SMILES string of the molecule is CCc1[nH]c(Cc2c(F)cccc2Cl)nc(=S)c1C. The van der Waals surface area contributed by atoms with Gasteiger partial charge in [-0.2, -0.15) is 0 Å². The molecule has 2 rings (SSSR count). The Kier molecular flexibility index (Phi) is 4.32. The van der Waals surface area contributed by atoms with Crippen LogP contribution in [0.4, 0.5) is 4.39 Å². The van der Waals surface area contributed by atoms with Gasteiger partial charge < -0.3 is 4.98 Å². The second-order valence-corrected chi connectivity index (χ2v) is 5.12. The molecule has 0 unspecified atom stereocenters. The second kappa shape index (κ2) is 5.80. The van der Waals surface area contributed by atoms with Gasteiger partial charge in [-0.05, 0) is 25.5 Å². The maximum Gasteiger partial charge on any atom is 0.132 e. The average Bonchev–Trinajstić information content (AvgIpc) is 2.38. The Labute approximate surface area is 121 Å². The number of rotatable bonds is 3. The molecule has 1 heterocycles. The fourth-order valence-electron chi connectivity index (χ4n) is 1.94. The van der Waals surface area contributed by atoms with Crippen molar-refractivity contribution < 1.29 is 4.39 Å². The van der Waals surface area contributed by atoms with Gasteiger partial charge in [-0.1, -0.05) is 36.8 Å². The highest BCUT2D eigenvalue weighted by Gasteiger charge is 2.10. The van der Waals surface area contributed by atoms with Crippen LogP contribution in [-0.4, -0.2) is 9.97 Å². The van der Waals surface area contributed by atoms with Crippen molar-refractivity contribution in [2.45, 2.75) is 26.7 Å². The van der Waals surface area contributed by atoms with Crippen molar-refractivity contribution in [2.75, 3.05) is 0 Å². The molecule has 0 aliphatic rings. The minimum absolute atomic E-state index is 0.308. The molecule has 1 N–H and O–H groups in total. The van der Waals surface area contributed by atoms with Gasteiger partial charge in [0.1, 0.15) is 16.3 Å². The molecule has 19 heavy (non-hydrogen) atoms. The van der Waals surface area contributed by atoms with Gasteiger partial charge in [0.2, 0.25) is 0 Å². The zero-order valence-electron chi connectivity index (χ0n) is 10.8. The molecule has 1 aromatic heterocycles. The molecular weight excluding hydrogens is 283 g/mol. The molecule has 0 saturated heterocycles. The number of aryl methyl sites for hydroxylation is 1. The summed E-state index contributed by atoms with van der Waals surface area (Å²) in [6.45, 7) is 3.97. The van der Waals surface area contributed by atoms with Gasteiger partial charge in [0.05, 0.1) is 0 Å². The van der Waals surface area contributed by atoms with Crippen LogP contribution in [0.25, 0.3) is 0 Å². The van der Waals surface area contributed by atoms with Crippen LogP contribution in [-0.2, 0) is 12.8 Å². The van der Waals surface area contributed by atoms with E-state index < -0.39 is 0 Å². The van der Waals surface area contributed by atoms with E-state index in [2.05, 4.69) is 9.97 Å². The van der Waals surface area contributed by atoms with Crippen LogP contribution in [0, 0.1) is 17.4 Å². The van der Waals surface area contributed by atoms with E-state index in [1.165, 1.54) is 6.07 Å². The topological polar surface area (TPSA) is 28.7 Å². The van der Waals surface area contributed by atoms with Crippen LogP contribution < -0.4 is 0 Å². The molecule has 0 saturated carbocycles. The third kappa shape index (κ3) is 3.01. The summed E-state index contributed by atoms with van der Waals surface area (Å²) in [4.78, 5) is 7.50. The Morgan fingerprint density at radius 3 is 2.79 bits per heavy atom. The zero-order chi connectivity index (χ0) is 14.0. The van der Waals surface area contributed by atoms with Crippen molar-refractivity contribution in [3.05, 3.63) is 56.3 Å². The maximum absolute atomic E-state index is 13.7. The van der Waals surface area contributed by atoms with Crippen molar-refractivity contribution in [1.82, 2.24) is 9.97 Å². The van der Waals surface area contributed by atoms with E-state index in [0.717, 1.165) is 17.7 Å². The molecule has 5 heteroatoms. The predicted octanol–water partition coefficient (Wildman–Crippen LogP) is 4.39. The van der Waals surface area contributed by atoms with E-state index in [1.54, 1.807) is 12.1 Å². The van der Waals surface area contributed by atoms with Crippen LogP contribution in [0.3, 0.4) is 0 Å². The molecule has 0 fully saturated rings. The molecule has 0 spiro atoms. The first-order valence-corrected chi connectivity index (χ1v) is 6.83. The van der Waals surface area contributed by atoms with Crippen molar-refractivity contribution in [1.29, 1.82) is 0 Å². The number of benzene rings is 1. The number of nitrogens with zero attached hydrogens (tertiary/aromatic N) is 1. The number of halogens is 2. The predicted molar refractivity (Wildman–Crippen MR) is 77.8 cm³/mol. The number of hydrogen-bond donors (Lipinski definition) is 1. The second-order valence-electron chi connectivity index (χ2n) is 4.32. The Morgan fingerprint density at radius 2 is 2.16 bits per heavy atom. The van der Waals surface area contributed by atoms with Crippen LogP contribution in [0.2, 0.25) is 5.02 Å². The average molecular weight is 297 g/mol. The zero-order valence-corrected chi connectivity index (χ0v) is 12.3. The minimum atomic E-state index is -0.327. The van der Waals surface area contributed by atoms with Crippen LogP contribution >= 0.6 is 23.8 Å². The molecule has 0 radical (unpaired) electrons. The summed E-state index contributed by atoms with van der Waals surface area (Å²) in [7, 11) is 0. The first-order valence-electron chi connectivity index (χ1n) is 6.04. The number of H-pyrrole nitrogens is 1. The van der Waals surface area contributed by atoms with E-state index in [0.29, 0.717) is 27.5 Å². The summed E-state index contributed by atoms with van der Waals surface area (Å²) in [6.07, 6.45) is 1.14. The van der Waals surface area contributed by atoms with Crippen LogP contribution in [0.5, 0.6) is 0 Å². The molecule has 0 amide bonds. The lowest BCUT2D eigenvalue weighted by Crippen LogP contribution is -2.05. The third-order valence-corrected chi connectivity index (χ3v) is 3.82.